The SMILES string of the molecule is O=C(Nc1cc(N2CCOCC2)ncn1)c1ccc(-c2ccccc2)cc1. The summed E-state index contributed by atoms with van der Waals surface area (Å²) in [5.41, 5.74) is 2.78. The van der Waals surface area contributed by atoms with E-state index in [9.17, 15) is 4.79 Å². The Balaban J connectivity index is 1.46. The van der Waals surface area contributed by atoms with Crippen LogP contribution in [0.3, 0.4) is 0 Å². The molecule has 2 heterocycles. The average molecular weight is 360 g/mol. The van der Waals surface area contributed by atoms with Crippen molar-refractivity contribution in [3.63, 3.8) is 0 Å². The van der Waals surface area contributed by atoms with Gasteiger partial charge in [-0.25, -0.2) is 9.97 Å². The number of hydrogen-bond acceptors (Lipinski definition) is 5. The Labute approximate surface area is 157 Å². The molecule has 3 aromatic rings. The summed E-state index contributed by atoms with van der Waals surface area (Å²) in [6.45, 7) is 2.93. The van der Waals surface area contributed by atoms with Gasteiger partial charge in [-0.2, -0.15) is 0 Å². The Kier molecular flexibility index (Phi) is 5.07. The first kappa shape index (κ1) is 17.2. The second-order valence-corrected chi connectivity index (χ2v) is 6.26. The molecule has 0 saturated carbocycles. The molecular formula is C21H20N4O2. The normalized spacial score (nSPS) is 14.0. The van der Waals surface area contributed by atoms with Gasteiger partial charge in [-0.05, 0) is 23.3 Å². The fraction of sp³-hybridized carbons (Fsp3) is 0.190. The molecule has 0 bridgehead atoms. The number of hydrogen-bond donors (Lipinski definition) is 1. The van der Waals surface area contributed by atoms with Gasteiger partial charge in [0.1, 0.15) is 18.0 Å². The number of nitrogens with one attached hydrogen (secondary N) is 1. The minimum absolute atomic E-state index is 0.193. The summed E-state index contributed by atoms with van der Waals surface area (Å²) in [4.78, 5) is 23.1. The fourth-order valence-corrected chi connectivity index (χ4v) is 3.01. The molecule has 1 saturated heterocycles. The van der Waals surface area contributed by atoms with Crippen LogP contribution < -0.4 is 10.2 Å². The lowest BCUT2D eigenvalue weighted by molar-refractivity contribution is 0.102. The van der Waals surface area contributed by atoms with Crippen LogP contribution >= 0.6 is 0 Å². The molecular weight excluding hydrogens is 340 g/mol. The molecule has 1 amide bonds. The quantitative estimate of drug-likeness (QED) is 0.774. The van der Waals surface area contributed by atoms with E-state index in [-0.39, 0.29) is 5.91 Å². The zero-order chi connectivity index (χ0) is 18.5. The van der Waals surface area contributed by atoms with Gasteiger partial charge in [-0.1, -0.05) is 42.5 Å². The van der Waals surface area contributed by atoms with Gasteiger partial charge in [0.15, 0.2) is 0 Å². The second-order valence-electron chi connectivity index (χ2n) is 6.26. The summed E-state index contributed by atoms with van der Waals surface area (Å²) in [6, 6.07) is 19.4. The molecule has 1 N–H and O–H groups in total. The molecule has 6 heteroatoms. The average Bonchev–Trinajstić information content (AvgIpc) is 2.75. The number of carbonyl (C=O) groups excluding carboxylic acids is 1. The molecule has 0 atom stereocenters. The summed E-state index contributed by atoms with van der Waals surface area (Å²) >= 11 is 0. The van der Waals surface area contributed by atoms with Gasteiger partial charge in [0.25, 0.3) is 5.91 Å². The topological polar surface area (TPSA) is 67.4 Å². The molecule has 0 aliphatic carbocycles. The highest BCUT2D eigenvalue weighted by Gasteiger charge is 2.14. The summed E-state index contributed by atoms with van der Waals surface area (Å²) in [6.07, 6.45) is 1.47. The van der Waals surface area contributed by atoms with E-state index in [4.69, 9.17) is 4.74 Å². The first-order valence-corrected chi connectivity index (χ1v) is 8.91. The van der Waals surface area contributed by atoms with E-state index in [2.05, 4.69) is 20.2 Å². The zero-order valence-electron chi connectivity index (χ0n) is 14.8. The summed E-state index contributed by atoms with van der Waals surface area (Å²) in [5.74, 6) is 1.09. The molecule has 1 aromatic heterocycles. The molecule has 1 aliphatic heterocycles. The maximum Gasteiger partial charge on any atom is 0.256 e. The van der Waals surface area contributed by atoms with Crippen molar-refractivity contribution in [2.45, 2.75) is 0 Å². The Bertz CT molecular complexity index is 907. The van der Waals surface area contributed by atoms with Crippen molar-refractivity contribution in [1.29, 1.82) is 0 Å². The lowest BCUT2D eigenvalue weighted by Crippen LogP contribution is -2.36. The minimum atomic E-state index is -0.193. The summed E-state index contributed by atoms with van der Waals surface area (Å²) < 4.78 is 5.36. The number of benzene rings is 2. The van der Waals surface area contributed by atoms with Crippen LogP contribution in [0.4, 0.5) is 11.6 Å². The van der Waals surface area contributed by atoms with E-state index >= 15 is 0 Å². The molecule has 27 heavy (non-hydrogen) atoms. The molecule has 4 rings (SSSR count). The number of nitrogens with zero attached hydrogens (tertiary/aromatic N) is 3. The van der Waals surface area contributed by atoms with Crippen LogP contribution in [-0.2, 0) is 4.74 Å². The van der Waals surface area contributed by atoms with Crippen molar-refractivity contribution in [2.24, 2.45) is 0 Å². The highest BCUT2D eigenvalue weighted by Crippen LogP contribution is 2.20. The van der Waals surface area contributed by atoms with E-state index < -0.39 is 0 Å². The Hall–Kier alpha value is -3.25. The third-order valence-electron chi connectivity index (χ3n) is 4.48. The van der Waals surface area contributed by atoms with Crippen LogP contribution in [0.15, 0.2) is 67.0 Å². The first-order chi connectivity index (χ1) is 13.3. The molecule has 1 fully saturated rings. The lowest BCUT2D eigenvalue weighted by Gasteiger charge is -2.27. The van der Waals surface area contributed by atoms with E-state index in [1.54, 1.807) is 6.07 Å². The Morgan fingerprint density at radius 2 is 1.63 bits per heavy atom. The summed E-state index contributed by atoms with van der Waals surface area (Å²) in [5, 5.41) is 2.85. The minimum Gasteiger partial charge on any atom is -0.378 e. The molecule has 136 valence electrons. The zero-order valence-corrected chi connectivity index (χ0v) is 14.8. The van der Waals surface area contributed by atoms with Gasteiger partial charge in [0.05, 0.1) is 13.2 Å². The number of morpholine rings is 1. The van der Waals surface area contributed by atoms with Crippen LogP contribution in [0.5, 0.6) is 0 Å². The van der Waals surface area contributed by atoms with Crippen LogP contribution in [0.2, 0.25) is 0 Å². The molecule has 0 unspecified atom stereocenters. The number of carbonyl (C=O) groups is 1. The van der Waals surface area contributed by atoms with Crippen molar-refractivity contribution < 1.29 is 9.53 Å². The predicted octanol–water partition coefficient (Wildman–Crippen LogP) is 3.23. The van der Waals surface area contributed by atoms with Crippen LogP contribution in [-0.4, -0.2) is 42.2 Å². The van der Waals surface area contributed by atoms with Crippen molar-refractivity contribution in [3.8, 4) is 11.1 Å². The van der Waals surface area contributed by atoms with Gasteiger partial charge >= 0.3 is 0 Å². The van der Waals surface area contributed by atoms with E-state index in [1.165, 1.54) is 6.33 Å². The van der Waals surface area contributed by atoms with Gasteiger partial charge in [-0.3, -0.25) is 4.79 Å². The van der Waals surface area contributed by atoms with Gasteiger partial charge in [0, 0.05) is 24.7 Å². The van der Waals surface area contributed by atoms with Crippen molar-refractivity contribution in [2.75, 3.05) is 36.5 Å². The van der Waals surface area contributed by atoms with Crippen LogP contribution in [0.1, 0.15) is 10.4 Å². The fourth-order valence-electron chi connectivity index (χ4n) is 3.01. The lowest BCUT2D eigenvalue weighted by atomic mass is 10.0. The molecule has 6 nitrogen and oxygen atoms in total. The van der Waals surface area contributed by atoms with Crippen LogP contribution in [0, 0.1) is 0 Å². The Morgan fingerprint density at radius 3 is 2.37 bits per heavy atom. The Morgan fingerprint density at radius 1 is 0.926 bits per heavy atom. The van der Waals surface area contributed by atoms with Crippen molar-refractivity contribution >= 4 is 17.5 Å². The molecule has 0 radical (unpaired) electrons. The maximum absolute atomic E-state index is 12.5. The second kappa shape index (κ2) is 7.97. The number of rotatable bonds is 4. The van der Waals surface area contributed by atoms with E-state index in [0.29, 0.717) is 24.6 Å². The van der Waals surface area contributed by atoms with Gasteiger partial charge in [-0.15, -0.1) is 0 Å². The largest absolute Gasteiger partial charge is 0.378 e. The third kappa shape index (κ3) is 4.12. The number of ether oxygens (including phenoxy) is 1. The van der Waals surface area contributed by atoms with Crippen molar-refractivity contribution in [1.82, 2.24) is 9.97 Å². The molecule has 1 aliphatic rings. The highest BCUT2D eigenvalue weighted by molar-refractivity contribution is 6.04. The standard InChI is InChI=1S/C21H20N4O2/c26-21(18-8-6-17(7-9-18)16-4-2-1-3-5-16)24-19-14-20(23-15-22-19)25-10-12-27-13-11-25/h1-9,14-15H,10-13H2,(H,22,23,24,26). The van der Waals surface area contributed by atoms with Gasteiger partial charge < -0.3 is 15.0 Å². The highest BCUT2D eigenvalue weighted by atomic mass is 16.5. The summed E-state index contributed by atoms with van der Waals surface area (Å²) in [7, 11) is 0. The number of amides is 1. The van der Waals surface area contributed by atoms with Crippen molar-refractivity contribution in [3.05, 3.63) is 72.6 Å². The van der Waals surface area contributed by atoms with E-state index in [0.717, 1.165) is 30.0 Å². The van der Waals surface area contributed by atoms with Crippen LogP contribution in [0.25, 0.3) is 11.1 Å². The number of aromatic nitrogens is 2. The molecule has 2 aromatic carbocycles. The monoisotopic (exact) mass is 360 g/mol. The van der Waals surface area contributed by atoms with E-state index in [1.807, 2.05) is 54.6 Å². The number of anilines is 2. The van der Waals surface area contributed by atoms with Gasteiger partial charge in [0.2, 0.25) is 0 Å². The smallest absolute Gasteiger partial charge is 0.256 e. The predicted molar refractivity (Wildman–Crippen MR) is 105 cm³/mol. The molecule has 0 spiro atoms. The third-order valence-corrected chi connectivity index (χ3v) is 4.48. The maximum atomic E-state index is 12.5. The first-order valence-electron chi connectivity index (χ1n) is 8.91.